The molecule has 0 spiro atoms. The Morgan fingerprint density at radius 2 is 2.20 bits per heavy atom. The Morgan fingerprint density at radius 1 is 1.40 bits per heavy atom. The highest BCUT2D eigenvalue weighted by Gasteiger charge is 2.28. The van der Waals surface area contributed by atoms with E-state index in [9.17, 15) is 0 Å². The van der Waals surface area contributed by atoms with Crippen LogP contribution in [0.4, 0.5) is 0 Å². The van der Waals surface area contributed by atoms with Crippen molar-refractivity contribution in [2.45, 2.75) is 27.2 Å². The lowest BCUT2D eigenvalue weighted by molar-refractivity contribution is 0.577. The summed E-state index contributed by atoms with van der Waals surface area (Å²) in [6, 6.07) is 0. The fourth-order valence-electron chi connectivity index (χ4n) is 2.16. The molecule has 0 radical (unpaired) electrons. The number of allylic oxidation sites excluding steroid dienone is 7. The van der Waals surface area contributed by atoms with Crippen molar-refractivity contribution in [3.63, 3.8) is 0 Å². The molecule has 0 amide bonds. The first-order valence-electron chi connectivity index (χ1n) is 5.58. The minimum Gasteiger partial charge on any atom is -0.126 e. The molecule has 0 aromatic rings. The minimum absolute atomic E-state index is 0.206. The highest BCUT2D eigenvalue weighted by molar-refractivity contribution is 8.03. The lowest BCUT2D eigenvalue weighted by atomic mass is 9.74. The summed E-state index contributed by atoms with van der Waals surface area (Å²) < 4.78 is 0. The third-order valence-corrected chi connectivity index (χ3v) is 3.97. The van der Waals surface area contributed by atoms with Crippen LogP contribution in [-0.4, -0.2) is 5.75 Å². The fraction of sp³-hybridized carbons (Fsp3) is 0.429. The Morgan fingerprint density at radius 3 is 2.93 bits per heavy atom. The zero-order valence-electron chi connectivity index (χ0n) is 9.71. The van der Waals surface area contributed by atoms with Crippen LogP contribution in [0, 0.1) is 5.41 Å². The van der Waals surface area contributed by atoms with Gasteiger partial charge >= 0.3 is 0 Å². The van der Waals surface area contributed by atoms with Crippen molar-refractivity contribution in [3.8, 4) is 0 Å². The van der Waals surface area contributed by atoms with Crippen LogP contribution in [0.2, 0.25) is 0 Å². The maximum atomic E-state index is 2.33. The highest BCUT2D eigenvalue weighted by atomic mass is 32.2. The molecule has 0 atom stereocenters. The van der Waals surface area contributed by atoms with Crippen molar-refractivity contribution in [1.82, 2.24) is 0 Å². The molecule has 0 bridgehead atoms. The number of hydrogen-bond donors (Lipinski definition) is 0. The zero-order chi connectivity index (χ0) is 10.9. The lowest BCUT2D eigenvalue weighted by Crippen LogP contribution is -2.18. The van der Waals surface area contributed by atoms with Gasteiger partial charge in [0.25, 0.3) is 0 Å². The van der Waals surface area contributed by atoms with Crippen LogP contribution in [0.1, 0.15) is 27.2 Å². The summed E-state index contributed by atoms with van der Waals surface area (Å²) in [4.78, 5) is 1.47. The SMILES string of the molecule is CCSC1=C2CC=CC=C2C(C)(C)C=C1. The minimum atomic E-state index is 0.206. The molecule has 1 heteroatoms. The standard InChI is InChI=1S/C14H18S/c1-4-15-13-9-10-14(2,3)12-8-6-5-7-11(12)13/h5-6,8-10H,4,7H2,1-3H3. The van der Waals surface area contributed by atoms with E-state index in [2.05, 4.69) is 51.2 Å². The molecule has 0 aromatic carbocycles. The van der Waals surface area contributed by atoms with Gasteiger partial charge < -0.3 is 0 Å². The Bertz CT molecular complexity index is 378. The molecule has 0 saturated carbocycles. The van der Waals surface area contributed by atoms with Gasteiger partial charge in [-0.15, -0.1) is 11.8 Å². The lowest BCUT2D eigenvalue weighted by Gasteiger charge is -2.32. The average molecular weight is 218 g/mol. The van der Waals surface area contributed by atoms with Crippen molar-refractivity contribution in [2.75, 3.05) is 5.75 Å². The molecule has 80 valence electrons. The molecule has 0 aliphatic heterocycles. The van der Waals surface area contributed by atoms with Crippen LogP contribution in [0.25, 0.3) is 0 Å². The zero-order valence-corrected chi connectivity index (χ0v) is 10.5. The molecule has 0 N–H and O–H groups in total. The first kappa shape index (κ1) is 10.8. The first-order chi connectivity index (χ1) is 7.15. The molecule has 0 aromatic heterocycles. The summed E-state index contributed by atoms with van der Waals surface area (Å²) in [5, 5.41) is 0. The summed E-state index contributed by atoms with van der Waals surface area (Å²) >= 11 is 1.96. The molecule has 0 nitrogen and oxygen atoms in total. The van der Waals surface area contributed by atoms with E-state index in [1.165, 1.54) is 16.1 Å². The van der Waals surface area contributed by atoms with Gasteiger partial charge in [0.15, 0.2) is 0 Å². The predicted octanol–water partition coefficient (Wildman–Crippen LogP) is 4.48. The molecule has 0 fully saturated rings. The molecule has 0 saturated heterocycles. The van der Waals surface area contributed by atoms with E-state index in [-0.39, 0.29) is 5.41 Å². The average Bonchev–Trinajstić information content (AvgIpc) is 2.23. The van der Waals surface area contributed by atoms with E-state index in [0.29, 0.717) is 0 Å². The van der Waals surface area contributed by atoms with Crippen molar-refractivity contribution < 1.29 is 0 Å². The maximum Gasteiger partial charge on any atom is 0.0107 e. The fourth-order valence-corrected chi connectivity index (χ4v) is 3.01. The van der Waals surface area contributed by atoms with E-state index in [4.69, 9.17) is 0 Å². The number of rotatable bonds is 2. The van der Waals surface area contributed by atoms with Gasteiger partial charge in [-0.1, -0.05) is 51.2 Å². The van der Waals surface area contributed by atoms with Crippen LogP contribution in [0.15, 0.2) is 46.4 Å². The van der Waals surface area contributed by atoms with Crippen molar-refractivity contribution in [2.24, 2.45) is 5.41 Å². The third-order valence-electron chi connectivity index (χ3n) is 2.99. The van der Waals surface area contributed by atoms with Crippen molar-refractivity contribution >= 4 is 11.8 Å². The summed E-state index contributed by atoms with van der Waals surface area (Å²) in [5.41, 5.74) is 3.25. The Hall–Kier alpha value is -0.690. The summed E-state index contributed by atoms with van der Waals surface area (Å²) in [7, 11) is 0. The molecule has 2 aliphatic carbocycles. The summed E-state index contributed by atoms with van der Waals surface area (Å²) in [6.07, 6.45) is 12.5. The second-order valence-corrected chi connectivity index (χ2v) is 5.85. The Kier molecular flexibility index (Phi) is 2.92. The van der Waals surface area contributed by atoms with Crippen LogP contribution >= 0.6 is 11.8 Å². The second kappa shape index (κ2) is 4.05. The number of hydrogen-bond acceptors (Lipinski definition) is 1. The quantitative estimate of drug-likeness (QED) is 0.658. The van der Waals surface area contributed by atoms with E-state index in [0.717, 1.165) is 12.2 Å². The van der Waals surface area contributed by atoms with Gasteiger partial charge in [0.2, 0.25) is 0 Å². The number of fused-ring (bicyclic) bond motifs is 1. The normalized spacial score (nSPS) is 22.7. The van der Waals surface area contributed by atoms with E-state index < -0.39 is 0 Å². The van der Waals surface area contributed by atoms with Crippen LogP contribution in [0.3, 0.4) is 0 Å². The molecule has 0 unspecified atom stereocenters. The molecule has 2 aliphatic rings. The van der Waals surface area contributed by atoms with E-state index in [1.54, 1.807) is 0 Å². The highest BCUT2D eigenvalue weighted by Crippen LogP contribution is 2.44. The number of thioether (sulfide) groups is 1. The topological polar surface area (TPSA) is 0 Å². The van der Waals surface area contributed by atoms with Crippen molar-refractivity contribution in [3.05, 3.63) is 46.4 Å². The van der Waals surface area contributed by atoms with Crippen molar-refractivity contribution in [1.29, 1.82) is 0 Å². The van der Waals surface area contributed by atoms with Crippen LogP contribution < -0.4 is 0 Å². The molecule has 2 rings (SSSR count). The van der Waals surface area contributed by atoms with E-state index in [1.807, 2.05) is 11.8 Å². The van der Waals surface area contributed by atoms with Gasteiger partial charge in [-0.2, -0.15) is 0 Å². The van der Waals surface area contributed by atoms with Gasteiger partial charge in [0.05, 0.1) is 0 Å². The van der Waals surface area contributed by atoms with E-state index >= 15 is 0 Å². The predicted molar refractivity (Wildman–Crippen MR) is 69.9 cm³/mol. The Labute approximate surface area is 96.8 Å². The van der Waals surface area contributed by atoms with Gasteiger partial charge in [0.1, 0.15) is 0 Å². The Balaban J connectivity index is 2.44. The van der Waals surface area contributed by atoms with Crippen LogP contribution in [0.5, 0.6) is 0 Å². The van der Waals surface area contributed by atoms with Gasteiger partial charge in [-0.05, 0) is 23.3 Å². The first-order valence-corrected chi connectivity index (χ1v) is 6.56. The maximum absolute atomic E-state index is 2.33. The molecule has 15 heavy (non-hydrogen) atoms. The molecule has 0 heterocycles. The van der Waals surface area contributed by atoms with Gasteiger partial charge in [-0.25, -0.2) is 0 Å². The van der Waals surface area contributed by atoms with Crippen LogP contribution in [-0.2, 0) is 0 Å². The second-order valence-electron chi connectivity index (χ2n) is 4.54. The monoisotopic (exact) mass is 218 g/mol. The summed E-state index contributed by atoms with van der Waals surface area (Å²) in [6.45, 7) is 6.80. The third kappa shape index (κ3) is 1.98. The smallest absolute Gasteiger partial charge is 0.0107 e. The van der Waals surface area contributed by atoms with Gasteiger partial charge in [0, 0.05) is 10.3 Å². The molecular weight excluding hydrogens is 200 g/mol. The largest absolute Gasteiger partial charge is 0.126 e. The summed E-state index contributed by atoms with van der Waals surface area (Å²) in [5.74, 6) is 1.15. The van der Waals surface area contributed by atoms with Gasteiger partial charge in [-0.3, -0.25) is 0 Å². The molecular formula is C14H18S.